The number of aromatic nitrogens is 1. The van der Waals surface area contributed by atoms with Crippen molar-refractivity contribution < 1.29 is 9.90 Å². The summed E-state index contributed by atoms with van der Waals surface area (Å²) in [6.07, 6.45) is 1.72. The first-order valence-corrected chi connectivity index (χ1v) is 5.24. The van der Waals surface area contributed by atoms with Crippen molar-refractivity contribution >= 4 is 5.97 Å². The predicted octanol–water partition coefficient (Wildman–Crippen LogP) is 1.94. The molecule has 4 nitrogen and oxygen atoms in total. The smallest absolute Gasteiger partial charge is 0.323 e. The van der Waals surface area contributed by atoms with Gasteiger partial charge >= 0.3 is 5.97 Å². The van der Waals surface area contributed by atoms with Gasteiger partial charge in [-0.15, -0.1) is 0 Å². The number of hydrogen-bond acceptors (Lipinski definition) is 3. The highest BCUT2D eigenvalue weighted by atomic mass is 16.4. The van der Waals surface area contributed by atoms with Crippen LogP contribution in [-0.4, -0.2) is 33.5 Å². The van der Waals surface area contributed by atoms with E-state index in [1.165, 1.54) is 0 Å². The minimum Gasteiger partial charge on any atom is -0.480 e. The van der Waals surface area contributed by atoms with Crippen LogP contribution < -0.4 is 0 Å². The highest BCUT2D eigenvalue weighted by Crippen LogP contribution is 2.24. The van der Waals surface area contributed by atoms with E-state index in [1.54, 1.807) is 32.0 Å². The maximum absolute atomic E-state index is 11.1. The first-order chi connectivity index (χ1) is 7.37. The summed E-state index contributed by atoms with van der Waals surface area (Å²) >= 11 is 0. The van der Waals surface area contributed by atoms with Crippen LogP contribution in [0.4, 0.5) is 0 Å². The number of carboxylic acid groups (broad SMARTS) is 1. The van der Waals surface area contributed by atoms with Crippen molar-refractivity contribution in [2.45, 2.75) is 32.4 Å². The number of nitrogens with zero attached hydrogens (tertiary/aromatic N) is 2. The lowest BCUT2D eigenvalue weighted by atomic mass is 10.0. The molecule has 1 N–H and O–H groups in total. The van der Waals surface area contributed by atoms with Gasteiger partial charge in [-0.3, -0.25) is 14.7 Å². The highest BCUT2D eigenvalue weighted by Gasteiger charge is 2.35. The third-order valence-electron chi connectivity index (χ3n) is 3.10. The Bertz CT molecular complexity index is 363. The Labute approximate surface area is 95.9 Å². The monoisotopic (exact) mass is 222 g/mol. The van der Waals surface area contributed by atoms with E-state index in [-0.39, 0.29) is 6.04 Å². The lowest BCUT2D eigenvalue weighted by Crippen LogP contribution is -2.49. The summed E-state index contributed by atoms with van der Waals surface area (Å²) in [5, 5.41) is 9.15. The van der Waals surface area contributed by atoms with E-state index in [9.17, 15) is 4.79 Å². The lowest BCUT2D eigenvalue weighted by molar-refractivity contribution is -0.149. The predicted molar refractivity (Wildman–Crippen MR) is 62.1 cm³/mol. The van der Waals surface area contributed by atoms with E-state index >= 15 is 0 Å². The van der Waals surface area contributed by atoms with E-state index in [0.29, 0.717) is 0 Å². The quantitative estimate of drug-likeness (QED) is 0.845. The molecule has 0 saturated heterocycles. The normalized spacial score (nSPS) is 13.8. The molecule has 0 spiro atoms. The average Bonchev–Trinajstić information content (AvgIpc) is 2.28. The molecule has 0 fully saturated rings. The van der Waals surface area contributed by atoms with Crippen molar-refractivity contribution in [3.05, 3.63) is 30.1 Å². The van der Waals surface area contributed by atoms with Gasteiger partial charge in [0.1, 0.15) is 5.54 Å². The van der Waals surface area contributed by atoms with E-state index in [2.05, 4.69) is 4.98 Å². The van der Waals surface area contributed by atoms with Gasteiger partial charge < -0.3 is 5.11 Å². The van der Waals surface area contributed by atoms with Crippen molar-refractivity contribution in [1.29, 1.82) is 0 Å². The van der Waals surface area contributed by atoms with Gasteiger partial charge in [0.05, 0.1) is 5.69 Å². The van der Waals surface area contributed by atoms with Crippen LogP contribution in [0.3, 0.4) is 0 Å². The first-order valence-electron chi connectivity index (χ1n) is 5.24. The largest absolute Gasteiger partial charge is 0.480 e. The summed E-state index contributed by atoms with van der Waals surface area (Å²) in [5.74, 6) is -0.835. The fraction of sp³-hybridized carbons (Fsp3) is 0.500. The molecule has 1 heterocycles. The average molecular weight is 222 g/mol. The standard InChI is InChI=1S/C12H18N2O2/c1-9(10-7-5-6-8-13-10)14(4)12(2,3)11(15)16/h5-9H,1-4H3,(H,15,16). The molecule has 0 aliphatic carbocycles. The van der Waals surface area contributed by atoms with Gasteiger partial charge in [0.2, 0.25) is 0 Å². The third-order valence-corrected chi connectivity index (χ3v) is 3.10. The minimum atomic E-state index is -0.906. The molecule has 4 heteroatoms. The Hall–Kier alpha value is -1.42. The van der Waals surface area contributed by atoms with E-state index < -0.39 is 11.5 Å². The number of pyridine rings is 1. The highest BCUT2D eigenvalue weighted by molar-refractivity contribution is 5.77. The molecule has 1 aromatic rings. The Balaban J connectivity index is 2.91. The van der Waals surface area contributed by atoms with E-state index in [4.69, 9.17) is 5.11 Å². The van der Waals surface area contributed by atoms with Gasteiger partial charge in [-0.25, -0.2) is 0 Å². The zero-order valence-corrected chi connectivity index (χ0v) is 10.1. The minimum absolute atomic E-state index is 0.0349. The van der Waals surface area contributed by atoms with Crippen LogP contribution in [0.5, 0.6) is 0 Å². The summed E-state index contributed by atoms with van der Waals surface area (Å²) in [5.41, 5.74) is -0.0314. The van der Waals surface area contributed by atoms with Gasteiger partial charge in [0.25, 0.3) is 0 Å². The molecule has 0 aromatic carbocycles. The first kappa shape index (κ1) is 12.6. The Morgan fingerprint density at radius 1 is 1.50 bits per heavy atom. The van der Waals surface area contributed by atoms with Gasteiger partial charge in [0, 0.05) is 12.2 Å². The molecule has 16 heavy (non-hydrogen) atoms. The zero-order valence-electron chi connectivity index (χ0n) is 10.1. The fourth-order valence-corrected chi connectivity index (χ4v) is 1.46. The van der Waals surface area contributed by atoms with Crippen LogP contribution in [0.25, 0.3) is 0 Å². The Morgan fingerprint density at radius 2 is 2.12 bits per heavy atom. The Morgan fingerprint density at radius 3 is 2.56 bits per heavy atom. The molecule has 1 atom stereocenters. The molecular formula is C12H18N2O2. The number of carboxylic acids is 1. The second kappa shape index (κ2) is 4.61. The number of aliphatic carboxylic acids is 1. The molecule has 0 bridgehead atoms. The van der Waals surface area contributed by atoms with Crippen molar-refractivity contribution in [3.8, 4) is 0 Å². The van der Waals surface area contributed by atoms with Crippen molar-refractivity contribution in [2.75, 3.05) is 7.05 Å². The number of likely N-dealkylation sites (N-methyl/N-ethyl adjacent to an activating group) is 1. The van der Waals surface area contributed by atoms with Gasteiger partial charge in [-0.2, -0.15) is 0 Å². The summed E-state index contributed by atoms with van der Waals surface area (Å²) in [7, 11) is 1.80. The van der Waals surface area contributed by atoms with Crippen LogP contribution in [0, 0.1) is 0 Å². The molecule has 0 aliphatic rings. The summed E-state index contributed by atoms with van der Waals surface area (Å²) in [6, 6.07) is 5.62. The molecule has 1 rings (SSSR count). The number of carbonyl (C=O) groups is 1. The van der Waals surface area contributed by atoms with Gasteiger partial charge in [0.15, 0.2) is 0 Å². The van der Waals surface area contributed by atoms with Crippen LogP contribution in [0.2, 0.25) is 0 Å². The van der Waals surface area contributed by atoms with Crippen LogP contribution in [-0.2, 0) is 4.79 Å². The summed E-state index contributed by atoms with van der Waals surface area (Å²) < 4.78 is 0. The molecule has 1 aromatic heterocycles. The second-order valence-corrected chi connectivity index (χ2v) is 4.41. The van der Waals surface area contributed by atoms with Gasteiger partial charge in [-0.05, 0) is 40.0 Å². The molecular weight excluding hydrogens is 204 g/mol. The molecule has 0 saturated carbocycles. The van der Waals surface area contributed by atoms with E-state index in [0.717, 1.165) is 5.69 Å². The molecule has 0 amide bonds. The topological polar surface area (TPSA) is 53.4 Å². The Kier molecular flexibility index (Phi) is 3.65. The third kappa shape index (κ3) is 2.39. The molecule has 0 aliphatic heterocycles. The van der Waals surface area contributed by atoms with Crippen LogP contribution in [0.1, 0.15) is 32.5 Å². The molecule has 1 unspecified atom stereocenters. The van der Waals surface area contributed by atoms with Crippen molar-refractivity contribution in [3.63, 3.8) is 0 Å². The van der Waals surface area contributed by atoms with Crippen LogP contribution in [0.15, 0.2) is 24.4 Å². The fourth-order valence-electron chi connectivity index (χ4n) is 1.46. The maximum Gasteiger partial charge on any atom is 0.323 e. The number of hydrogen-bond donors (Lipinski definition) is 1. The van der Waals surface area contributed by atoms with Crippen LogP contribution >= 0.6 is 0 Å². The molecule has 0 radical (unpaired) electrons. The summed E-state index contributed by atoms with van der Waals surface area (Å²) in [6.45, 7) is 5.33. The van der Waals surface area contributed by atoms with Crippen molar-refractivity contribution in [1.82, 2.24) is 9.88 Å². The summed E-state index contributed by atoms with van der Waals surface area (Å²) in [4.78, 5) is 17.2. The maximum atomic E-state index is 11.1. The SMILES string of the molecule is CC(c1ccccn1)N(C)C(C)(C)C(=O)O. The van der Waals surface area contributed by atoms with Gasteiger partial charge in [-0.1, -0.05) is 6.07 Å². The lowest BCUT2D eigenvalue weighted by Gasteiger charge is -2.36. The number of rotatable bonds is 4. The second-order valence-electron chi connectivity index (χ2n) is 4.41. The zero-order chi connectivity index (χ0) is 12.3. The molecule has 88 valence electrons. The van der Waals surface area contributed by atoms with Crippen molar-refractivity contribution in [2.24, 2.45) is 0 Å². The van der Waals surface area contributed by atoms with E-state index in [1.807, 2.05) is 25.1 Å².